The van der Waals surface area contributed by atoms with Crippen molar-refractivity contribution in [3.63, 3.8) is 0 Å². The summed E-state index contributed by atoms with van der Waals surface area (Å²) in [6.07, 6.45) is 0. The second kappa shape index (κ2) is 6.28. The minimum atomic E-state index is 0.460. The number of hydrogen-bond acceptors (Lipinski definition) is 2. The van der Waals surface area contributed by atoms with Gasteiger partial charge in [0, 0.05) is 0 Å². The monoisotopic (exact) mass is 256 g/mol. The topological polar surface area (TPSA) is 18.5 Å². The summed E-state index contributed by atoms with van der Waals surface area (Å²) >= 11 is 0. The zero-order valence-electron chi connectivity index (χ0n) is 11.7. The normalized spacial score (nSPS) is 10.5. The smallest absolute Gasteiger partial charge is 0.123 e. The van der Waals surface area contributed by atoms with Gasteiger partial charge in [0.1, 0.15) is 18.1 Å². The molecule has 2 aromatic carbocycles. The zero-order valence-corrected chi connectivity index (χ0v) is 11.7. The molecule has 0 heterocycles. The van der Waals surface area contributed by atoms with Gasteiger partial charge < -0.3 is 9.47 Å². The lowest BCUT2D eigenvalue weighted by molar-refractivity contribution is 0.301. The summed E-state index contributed by atoms with van der Waals surface area (Å²) in [5, 5.41) is 0. The van der Waals surface area contributed by atoms with Crippen LogP contribution in [0.5, 0.6) is 11.5 Å². The zero-order chi connectivity index (χ0) is 13.7. The van der Waals surface area contributed by atoms with Gasteiger partial charge in [-0.2, -0.15) is 0 Å². The van der Waals surface area contributed by atoms with Crippen LogP contribution < -0.4 is 9.47 Å². The van der Waals surface area contributed by atoms with E-state index in [4.69, 9.17) is 9.47 Å². The number of hydrogen-bond donors (Lipinski definition) is 0. The van der Waals surface area contributed by atoms with E-state index < -0.39 is 0 Å². The van der Waals surface area contributed by atoms with Gasteiger partial charge >= 0.3 is 0 Å². The van der Waals surface area contributed by atoms with Crippen molar-refractivity contribution in [3.8, 4) is 11.5 Å². The minimum absolute atomic E-state index is 0.460. The molecule has 0 unspecified atom stereocenters. The van der Waals surface area contributed by atoms with E-state index in [1.165, 1.54) is 5.56 Å². The van der Waals surface area contributed by atoms with Crippen molar-refractivity contribution in [2.75, 3.05) is 7.11 Å². The molecule has 19 heavy (non-hydrogen) atoms. The Labute approximate surface area is 115 Å². The predicted octanol–water partition coefficient (Wildman–Crippen LogP) is 4.40. The van der Waals surface area contributed by atoms with Crippen LogP contribution in [0.3, 0.4) is 0 Å². The molecule has 2 aromatic rings. The van der Waals surface area contributed by atoms with Crippen LogP contribution in [0, 0.1) is 0 Å². The molecule has 0 amide bonds. The van der Waals surface area contributed by atoms with Crippen molar-refractivity contribution < 1.29 is 9.47 Å². The summed E-state index contributed by atoms with van der Waals surface area (Å²) in [6.45, 7) is 4.91. The average Bonchev–Trinajstić information content (AvgIpc) is 2.45. The SMILES string of the molecule is COc1cccc(COc2ccccc2C(C)C)c1. The average molecular weight is 256 g/mol. The summed E-state index contributed by atoms with van der Waals surface area (Å²) in [5.41, 5.74) is 2.35. The van der Waals surface area contributed by atoms with Crippen LogP contribution >= 0.6 is 0 Å². The van der Waals surface area contributed by atoms with Crippen molar-refractivity contribution in [2.24, 2.45) is 0 Å². The highest BCUT2D eigenvalue weighted by atomic mass is 16.5. The van der Waals surface area contributed by atoms with Crippen LogP contribution in [0.4, 0.5) is 0 Å². The van der Waals surface area contributed by atoms with Crippen LogP contribution in [0.15, 0.2) is 48.5 Å². The second-order valence-corrected chi connectivity index (χ2v) is 4.83. The summed E-state index contributed by atoms with van der Waals surface area (Å²) in [6, 6.07) is 16.2. The van der Waals surface area contributed by atoms with Crippen LogP contribution in [0.25, 0.3) is 0 Å². The number of para-hydroxylation sites is 1. The number of benzene rings is 2. The van der Waals surface area contributed by atoms with Gasteiger partial charge in [-0.1, -0.05) is 44.2 Å². The molecule has 0 fully saturated rings. The third-order valence-corrected chi connectivity index (χ3v) is 3.07. The fourth-order valence-corrected chi connectivity index (χ4v) is 2.01. The molecule has 0 aliphatic rings. The standard InChI is InChI=1S/C17H20O2/c1-13(2)16-9-4-5-10-17(16)19-12-14-7-6-8-15(11-14)18-3/h4-11,13H,12H2,1-3H3. The molecular weight excluding hydrogens is 236 g/mol. The van der Waals surface area contributed by atoms with Gasteiger partial charge in [0.15, 0.2) is 0 Å². The summed E-state index contributed by atoms with van der Waals surface area (Å²) in [4.78, 5) is 0. The first-order valence-corrected chi connectivity index (χ1v) is 6.55. The summed E-state index contributed by atoms with van der Waals surface area (Å²) < 4.78 is 11.1. The van der Waals surface area contributed by atoms with E-state index in [1.54, 1.807) is 7.11 Å². The molecular formula is C17H20O2. The molecule has 0 aromatic heterocycles. The second-order valence-electron chi connectivity index (χ2n) is 4.83. The Bertz CT molecular complexity index is 532. The molecule has 0 aliphatic heterocycles. The third kappa shape index (κ3) is 3.50. The number of ether oxygens (including phenoxy) is 2. The van der Waals surface area contributed by atoms with Crippen LogP contribution in [0.1, 0.15) is 30.9 Å². The molecule has 2 heteroatoms. The molecule has 100 valence electrons. The quantitative estimate of drug-likeness (QED) is 0.789. The van der Waals surface area contributed by atoms with Crippen LogP contribution in [-0.2, 0) is 6.61 Å². The van der Waals surface area contributed by atoms with Crippen molar-refractivity contribution in [2.45, 2.75) is 26.4 Å². The molecule has 0 radical (unpaired) electrons. The van der Waals surface area contributed by atoms with Crippen molar-refractivity contribution in [3.05, 3.63) is 59.7 Å². The maximum absolute atomic E-state index is 5.93. The summed E-state index contributed by atoms with van der Waals surface area (Å²) in [5.74, 6) is 2.28. The van der Waals surface area contributed by atoms with Gasteiger partial charge in [-0.25, -0.2) is 0 Å². The summed E-state index contributed by atoms with van der Waals surface area (Å²) in [7, 11) is 1.67. The van der Waals surface area contributed by atoms with E-state index in [1.807, 2.05) is 42.5 Å². The Morgan fingerprint density at radius 1 is 1.00 bits per heavy atom. The molecule has 2 rings (SSSR count). The van der Waals surface area contributed by atoms with Crippen molar-refractivity contribution >= 4 is 0 Å². The van der Waals surface area contributed by atoms with Crippen LogP contribution in [0.2, 0.25) is 0 Å². The molecule has 0 spiro atoms. The maximum Gasteiger partial charge on any atom is 0.123 e. The third-order valence-electron chi connectivity index (χ3n) is 3.07. The van der Waals surface area contributed by atoms with Crippen molar-refractivity contribution in [1.29, 1.82) is 0 Å². The highest BCUT2D eigenvalue weighted by Gasteiger charge is 2.07. The van der Waals surface area contributed by atoms with Gasteiger partial charge in [-0.3, -0.25) is 0 Å². The molecule has 0 saturated carbocycles. The van der Waals surface area contributed by atoms with E-state index in [-0.39, 0.29) is 0 Å². The maximum atomic E-state index is 5.93. The first-order chi connectivity index (χ1) is 9.20. The first-order valence-electron chi connectivity index (χ1n) is 6.55. The largest absolute Gasteiger partial charge is 0.497 e. The van der Waals surface area contributed by atoms with E-state index in [2.05, 4.69) is 19.9 Å². The highest BCUT2D eigenvalue weighted by molar-refractivity contribution is 5.36. The Morgan fingerprint density at radius 2 is 1.79 bits per heavy atom. The van der Waals surface area contributed by atoms with Crippen molar-refractivity contribution in [1.82, 2.24) is 0 Å². The molecule has 2 nitrogen and oxygen atoms in total. The van der Waals surface area contributed by atoms with E-state index in [9.17, 15) is 0 Å². The predicted molar refractivity (Wildman–Crippen MR) is 77.9 cm³/mol. The molecule has 0 bridgehead atoms. The van der Waals surface area contributed by atoms with Gasteiger partial charge in [-0.05, 0) is 35.2 Å². The molecule has 0 saturated heterocycles. The Kier molecular flexibility index (Phi) is 4.45. The lowest BCUT2D eigenvalue weighted by atomic mass is 10.0. The molecule has 0 aliphatic carbocycles. The van der Waals surface area contributed by atoms with E-state index in [0.717, 1.165) is 17.1 Å². The fraction of sp³-hybridized carbons (Fsp3) is 0.294. The Hall–Kier alpha value is -1.96. The van der Waals surface area contributed by atoms with Gasteiger partial charge in [0.2, 0.25) is 0 Å². The molecule has 0 atom stereocenters. The lowest BCUT2D eigenvalue weighted by Gasteiger charge is -2.14. The van der Waals surface area contributed by atoms with Crippen LogP contribution in [-0.4, -0.2) is 7.11 Å². The Morgan fingerprint density at radius 3 is 2.53 bits per heavy atom. The van der Waals surface area contributed by atoms with Gasteiger partial charge in [0.05, 0.1) is 7.11 Å². The number of rotatable bonds is 5. The highest BCUT2D eigenvalue weighted by Crippen LogP contribution is 2.26. The fourth-order valence-electron chi connectivity index (χ4n) is 2.01. The molecule has 0 N–H and O–H groups in total. The van der Waals surface area contributed by atoms with E-state index >= 15 is 0 Å². The lowest BCUT2D eigenvalue weighted by Crippen LogP contribution is -2.00. The number of methoxy groups -OCH3 is 1. The minimum Gasteiger partial charge on any atom is -0.497 e. The van der Waals surface area contributed by atoms with Gasteiger partial charge in [0.25, 0.3) is 0 Å². The Balaban J connectivity index is 2.10. The first kappa shape index (κ1) is 13.5. The van der Waals surface area contributed by atoms with E-state index in [0.29, 0.717) is 12.5 Å². The van der Waals surface area contributed by atoms with Gasteiger partial charge in [-0.15, -0.1) is 0 Å².